The number of ketones is 1. The molecule has 130 valence electrons. The van der Waals surface area contributed by atoms with E-state index in [9.17, 15) is 15.0 Å². The number of H-pyrrole nitrogens is 1. The summed E-state index contributed by atoms with van der Waals surface area (Å²) < 4.78 is 0.737. The van der Waals surface area contributed by atoms with Crippen molar-refractivity contribution in [1.82, 2.24) is 10.3 Å². The molecule has 3 aliphatic heterocycles. The number of halogens is 1. The van der Waals surface area contributed by atoms with Gasteiger partial charge in [-0.3, -0.25) is 4.79 Å². The van der Waals surface area contributed by atoms with Crippen molar-refractivity contribution in [1.29, 1.82) is 0 Å². The van der Waals surface area contributed by atoms with E-state index in [4.69, 9.17) is 0 Å². The van der Waals surface area contributed by atoms with E-state index in [1.807, 2.05) is 12.3 Å². The van der Waals surface area contributed by atoms with Crippen LogP contribution in [0, 0.1) is 5.41 Å². The molecule has 5 N–H and O–H groups in total. The van der Waals surface area contributed by atoms with E-state index < -0.39 is 17.6 Å². The number of aromatic nitrogens is 1. The third-order valence-corrected chi connectivity index (χ3v) is 7.71. The quantitative estimate of drug-likeness (QED) is 0.396. The van der Waals surface area contributed by atoms with Gasteiger partial charge in [0.2, 0.25) is 5.78 Å². The number of Topliss-reactive ketones (excluding diaryl/α,β-unsaturated/α-hetero) is 1. The van der Waals surface area contributed by atoms with Crippen LogP contribution in [0.3, 0.4) is 0 Å². The fourth-order valence-electron chi connectivity index (χ4n) is 6.04. The molecule has 1 spiro atoms. The summed E-state index contributed by atoms with van der Waals surface area (Å²) in [6, 6.07) is -0.248. The van der Waals surface area contributed by atoms with Gasteiger partial charge in [0.1, 0.15) is 24.3 Å². The fraction of sp³-hybridized carbons (Fsp3) is 0.500. The maximum Gasteiger partial charge on any atom is 0.225 e. The number of fused-ring (bicyclic) bond motifs is 2. The van der Waals surface area contributed by atoms with E-state index >= 15 is 0 Å². The summed E-state index contributed by atoms with van der Waals surface area (Å²) in [5.74, 6) is 0.00844. The fourth-order valence-corrected chi connectivity index (χ4v) is 6.73. The van der Waals surface area contributed by atoms with Crippen molar-refractivity contribution in [2.24, 2.45) is 5.41 Å². The number of carbonyl (C=O) groups is 1. The largest absolute Gasteiger partial charge is 0.386 e. The predicted octanol–water partition coefficient (Wildman–Crippen LogP) is -0.677. The van der Waals surface area contributed by atoms with Crippen LogP contribution >= 0.6 is 15.9 Å². The van der Waals surface area contributed by atoms with Crippen molar-refractivity contribution >= 4 is 21.7 Å². The number of aliphatic hydroxyl groups is 2. The highest BCUT2D eigenvalue weighted by atomic mass is 79.9. The number of nitrogens with one attached hydrogen (secondary N) is 3. The number of aromatic amines is 1. The Morgan fingerprint density at radius 3 is 3.04 bits per heavy atom. The summed E-state index contributed by atoms with van der Waals surface area (Å²) in [4.78, 5) is 17.5. The Kier molecular flexibility index (Phi) is 2.63. The minimum absolute atomic E-state index is 0.00844. The van der Waals surface area contributed by atoms with Crippen LogP contribution in [0.5, 0.6) is 0 Å². The van der Waals surface area contributed by atoms with Gasteiger partial charge in [-0.25, -0.2) is 0 Å². The summed E-state index contributed by atoms with van der Waals surface area (Å²) in [7, 11) is 0. The minimum Gasteiger partial charge on any atom is -0.386 e. The van der Waals surface area contributed by atoms with E-state index in [0.717, 1.165) is 35.0 Å². The number of piperidine rings is 1. The van der Waals surface area contributed by atoms with Crippen LogP contribution < -0.4 is 10.2 Å². The molecule has 1 aromatic rings. The lowest BCUT2D eigenvalue weighted by Gasteiger charge is -2.59. The second kappa shape index (κ2) is 4.46. The molecule has 0 saturated carbocycles. The Morgan fingerprint density at radius 2 is 2.20 bits per heavy atom. The number of hydrogen-bond donors (Lipinski definition) is 5. The third-order valence-electron chi connectivity index (χ3n) is 7.02. The monoisotopic (exact) mass is 404 g/mol. The summed E-state index contributed by atoms with van der Waals surface area (Å²) >= 11 is 3.54. The standard InChI is InChI=1S/C18H18BrN3O3/c19-8-5-18-2-3-20-12-10(18)13-9-7(6-21-11(9)16(12)24)1-4-22(13)14(15(8)23)17(18)25/h5-6,13-15,17,20-21,23,25H,1-4H2/p+1. The lowest BCUT2D eigenvalue weighted by Crippen LogP contribution is -3.22. The van der Waals surface area contributed by atoms with Crippen LogP contribution in [0.4, 0.5) is 0 Å². The lowest BCUT2D eigenvalue weighted by atomic mass is 9.56. The molecule has 6 unspecified atom stereocenters. The molecule has 1 aromatic heterocycles. The van der Waals surface area contributed by atoms with Gasteiger partial charge in [-0.05, 0) is 12.0 Å². The van der Waals surface area contributed by atoms with Crippen LogP contribution in [-0.4, -0.2) is 52.3 Å². The van der Waals surface area contributed by atoms with Crippen molar-refractivity contribution in [3.8, 4) is 0 Å². The van der Waals surface area contributed by atoms with Crippen LogP contribution in [0.15, 0.2) is 28.0 Å². The minimum atomic E-state index is -0.711. The molecular weight excluding hydrogens is 386 g/mol. The SMILES string of the molecule is O=C1C2=C3C4c5c(c[nH]c51)CC[NH+]4C1C(O)C(Br)=CC3(CCN2)C1O. The first-order chi connectivity index (χ1) is 12.0. The highest BCUT2D eigenvalue weighted by Gasteiger charge is 2.66. The van der Waals surface area contributed by atoms with Crippen molar-refractivity contribution in [3.63, 3.8) is 0 Å². The normalized spacial score (nSPS) is 43.4. The summed E-state index contributed by atoms with van der Waals surface area (Å²) in [5, 5.41) is 25.4. The molecule has 25 heavy (non-hydrogen) atoms. The van der Waals surface area contributed by atoms with Gasteiger partial charge in [0.05, 0.1) is 23.4 Å². The predicted molar refractivity (Wildman–Crippen MR) is 92.3 cm³/mol. The average molecular weight is 405 g/mol. The summed E-state index contributed by atoms with van der Waals surface area (Å²) in [6.07, 6.45) is 4.13. The Labute approximate surface area is 152 Å². The molecular formula is C18H19BrN3O3+. The second-order valence-corrected chi connectivity index (χ2v) is 8.81. The Hall–Kier alpha value is -1.41. The molecule has 6 atom stereocenters. The molecule has 0 amide bonds. The van der Waals surface area contributed by atoms with E-state index in [0.29, 0.717) is 17.9 Å². The molecule has 4 heterocycles. The molecule has 6 rings (SSSR count). The first-order valence-electron chi connectivity index (χ1n) is 8.88. The number of carbonyl (C=O) groups excluding carboxylic acids is 1. The average Bonchev–Trinajstić information content (AvgIpc) is 3.03. The smallest absolute Gasteiger partial charge is 0.225 e. The molecule has 7 heteroatoms. The number of aliphatic hydroxyl groups excluding tert-OH is 2. The summed E-state index contributed by atoms with van der Waals surface area (Å²) in [6.45, 7) is 1.49. The zero-order chi connectivity index (χ0) is 17.1. The van der Waals surface area contributed by atoms with Gasteiger partial charge in [-0.15, -0.1) is 0 Å². The second-order valence-electron chi connectivity index (χ2n) is 7.89. The van der Waals surface area contributed by atoms with Crippen LogP contribution in [0.2, 0.25) is 0 Å². The first kappa shape index (κ1) is 14.7. The number of hydrogen-bond acceptors (Lipinski definition) is 4. The molecule has 1 saturated heterocycles. The van der Waals surface area contributed by atoms with Gasteiger partial charge in [0.15, 0.2) is 0 Å². The van der Waals surface area contributed by atoms with E-state index in [1.54, 1.807) is 0 Å². The van der Waals surface area contributed by atoms with Crippen LogP contribution in [0.25, 0.3) is 0 Å². The summed E-state index contributed by atoms with van der Waals surface area (Å²) in [5.41, 5.74) is 4.09. The van der Waals surface area contributed by atoms with E-state index in [-0.39, 0.29) is 17.9 Å². The van der Waals surface area contributed by atoms with Crippen LogP contribution in [-0.2, 0) is 6.42 Å². The highest BCUT2D eigenvalue weighted by Crippen LogP contribution is 2.55. The molecule has 2 aliphatic carbocycles. The molecule has 2 bridgehead atoms. The maximum atomic E-state index is 13.1. The van der Waals surface area contributed by atoms with Crippen LogP contribution in [0.1, 0.15) is 34.1 Å². The van der Waals surface area contributed by atoms with Crippen molar-refractivity contribution in [2.75, 3.05) is 13.1 Å². The van der Waals surface area contributed by atoms with Gasteiger partial charge in [-0.2, -0.15) is 0 Å². The Balaban J connectivity index is 1.73. The zero-order valence-corrected chi connectivity index (χ0v) is 15.1. The highest BCUT2D eigenvalue weighted by molar-refractivity contribution is 9.11. The number of rotatable bonds is 0. The topological polar surface area (TPSA) is 89.8 Å². The van der Waals surface area contributed by atoms with E-state index in [2.05, 4.69) is 26.2 Å². The zero-order valence-electron chi connectivity index (χ0n) is 13.5. The first-order valence-corrected chi connectivity index (χ1v) is 9.67. The van der Waals surface area contributed by atoms with Crippen molar-refractivity contribution in [3.05, 3.63) is 44.8 Å². The molecule has 0 aromatic carbocycles. The molecule has 0 radical (unpaired) electrons. The van der Waals surface area contributed by atoms with Crippen molar-refractivity contribution < 1.29 is 19.9 Å². The molecule has 5 aliphatic rings. The number of allylic oxidation sites excluding steroid dienone is 1. The van der Waals surface area contributed by atoms with Gasteiger partial charge in [0.25, 0.3) is 0 Å². The molecule has 6 nitrogen and oxygen atoms in total. The van der Waals surface area contributed by atoms with Gasteiger partial charge < -0.3 is 25.4 Å². The van der Waals surface area contributed by atoms with Gasteiger partial charge in [0, 0.05) is 34.8 Å². The number of quaternary nitrogens is 1. The Morgan fingerprint density at radius 1 is 1.36 bits per heavy atom. The van der Waals surface area contributed by atoms with Gasteiger partial charge >= 0.3 is 0 Å². The lowest BCUT2D eigenvalue weighted by molar-refractivity contribution is -0.965. The maximum absolute atomic E-state index is 13.1. The third kappa shape index (κ3) is 1.47. The molecule has 1 fully saturated rings. The Bertz CT molecular complexity index is 903. The van der Waals surface area contributed by atoms with E-state index in [1.165, 1.54) is 10.5 Å². The van der Waals surface area contributed by atoms with Crippen molar-refractivity contribution in [2.45, 2.75) is 37.1 Å². The van der Waals surface area contributed by atoms with Gasteiger partial charge in [-0.1, -0.05) is 22.0 Å².